The first kappa shape index (κ1) is 15.3. The van der Waals surface area contributed by atoms with Crippen LogP contribution in [0.5, 0.6) is 0 Å². The Kier molecular flexibility index (Phi) is 3.46. The van der Waals surface area contributed by atoms with Gasteiger partial charge in [0.05, 0.1) is 5.39 Å². The minimum absolute atomic E-state index is 0.112. The number of fused-ring (bicyclic) bond motifs is 2. The van der Waals surface area contributed by atoms with Crippen LogP contribution >= 0.6 is 11.3 Å². The number of aryl methyl sites for hydroxylation is 4. The number of thiophene rings is 1. The van der Waals surface area contributed by atoms with Crippen molar-refractivity contribution in [2.24, 2.45) is 0 Å². The van der Waals surface area contributed by atoms with Crippen LogP contribution in [-0.4, -0.2) is 9.55 Å². The maximum Gasteiger partial charge on any atom is 0.262 e. The maximum atomic E-state index is 12.9. The van der Waals surface area contributed by atoms with Crippen molar-refractivity contribution in [2.45, 2.75) is 40.7 Å². The molecule has 4 heteroatoms. The molecule has 3 aromatic rings. The third-order valence-corrected chi connectivity index (χ3v) is 6.04. The van der Waals surface area contributed by atoms with E-state index in [-0.39, 0.29) is 5.56 Å². The molecule has 0 amide bonds. The number of hydrogen-bond donors (Lipinski definition) is 0. The number of nitrogens with zero attached hydrogens (tertiary/aromatic N) is 2. The third kappa shape index (κ3) is 2.25. The van der Waals surface area contributed by atoms with E-state index >= 15 is 0 Å². The molecular weight excluding hydrogens is 316 g/mol. The van der Waals surface area contributed by atoms with Gasteiger partial charge >= 0.3 is 0 Å². The number of rotatable bonds is 1. The molecule has 0 saturated carbocycles. The van der Waals surface area contributed by atoms with Crippen LogP contribution in [0.15, 0.2) is 23.0 Å². The highest BCUT2D eigenvalue weighted by Gasteiger charge is 2.23. The topological polar surface area (TPSA) is 34.9 Å². The summed E-state index contributed by atoms with van der Waals surface area (Å²) in [6.45, 7) is 9.04. The van der Waals surface area contributed by atoms with Crippen LogP contribution in [0.2, 0.25) is 0 Å². The molecule has 0 aliphatic carbocycles. The van der Waals surface area contributed by atoms with E-state index < -0.39 is 0 Å². The fourth-order valence-electron chi connectivity index (χ4n) is 3.44. The van der Waals surface area contributed by atoms with E-state index in [1.165, 1.54) is 21.6 Å². The summed E-state index contributed by atoms with van der Waals surface area (Å²) in [5, 5.41) is 0.800. The summed E-state index contributed by atoms with van der Waals surface area (Å²) in [5.74, 6) is 0.841. The average Bonchev–Trinajstić information content (AvgIpc) is 3.05. The zero-order chi connectivity index (χ0) is 17.0. The Morgan fingerprint density at radius 3 is 2.75 bits per heavy atom. The van der Waals surface area contributed by atoms with Gasteiger partial charge in [0.25, 0.3) is 5.56 Å². The molecule has 0 fully saturated rings. The second-order valence-corrected chi connectivity index (χ2v) is 7.84. The summed E-state index contributed by atoms with van der Waals surface area (Å²) in [6.07, 6.45) is 3.06. The normalized spacial score (nSPS) is 15.4. The fourth-order valence-corrected chi connectivity index (χ4v) is 4.46. The molecule has 122 valence electrons. The third-order valence-electron chi connectivity index (χ3n) is 4.94. The first-order valence-corrected chi connectivity index (χ1v) is 9.06. The summed E-state index contributed by atoms with van der Waals surface area (Å²) < 4.78 is 1.84. The van der Waals surface area contributed by atoms with Crippen molar-refractivity contribution >= 4 is 33.2 Å². The van der Waals surface area contributed by atoms with Gasteiger partial charge in [-0.15, -0.1) is 11.3 Å². The molecule has 0 radical (unpaired) electrons. The summed E-state index contributed by atoms with van der Waals surface area (Å²) in [5.41, 5.74) is 6.08. The molecule has 1 aliphatic heterocycles. The number of allylic oxidation sites excluding steroid dienone is 1. The quantitative estimate of drug-likeness (QED) is 0.649. The second kappa shape index (κ2) is 5.42. The molecule has 24 heavy (non-hydrogen) atoms. The Morgan fingerprint density at radius 1 is 1.21 bits per heavy atom. The molecule has 0 spiro atoms. The van der Waals surface area contributed by atoms with E-state index in [9.17, 15) is 4.79 Å². The standard InChI is InChI=1S/C20H20N2OS/c1-11-5-6-15(12(2)9-11)10-16-7-8-22-18(16)21-19-17(20(22)23)13(3)14(4)24-19/h5-6,9-10H,7-8H2,1-4H3/b16-10+. The lowest BCUT2D eigenvalue weighted by Crippen LogP contribution is -2.20. The van der Waals surface area contributed by atoms with Gasteiger partial charge in [-0.3, -0.25) is 9.36 Å². The number of benzene rings is 1. The van der Waals surface area contributed by atoms with Crippen molar-refractivity contribution in [1.82, 2.24) is 9.55 Å². The predicted molar refractivity (Wildman–Crippen MR) is 102 cm³/mol. The molecule has 2 aromatic heterocycles. The Morgan fingerprint density at radius 2 is 2.00 bits per heavy atom. The molecule has 0 N–H and O–H groups in total. The molecule has 0 unspecified atom stereocenters. The highest BCUT2D eigenvalue weighted by molar-refractivity contribution is 7.18. The van der Waals surface area contributed by atoms with Gasteiger partial charge in [0, 0.05) is 11.4 Å². The summed E-state index contributed by atoms with van der Waals surface area (Å²) in [7, 11) is 0. The molecule has 1 aromatic carbocycles. The smallest absolute Gasteiger partial charge is 0.262 e. The largest absolute Gasteiger partial charge is 0.292 e. The van der Waals surface area contributed by atoms with E-state index in [4.69, 9.17) is 4.98 Å². The highest BCUT2D eigenvalue weighted by atomic mass is 32.1. The van der Waals surface area contributed by atoms with Crippen LogP contribution in [0.25, 0.3) is 21.9 Å². The van der Waals surface area contributed by atoms with Crippen molar-refractivity contribution in [3.63, 3.8) is 0 Å². The van der Waals surface area contributed by atoms with E-state index in [0.717, 1.165) is 40.1 Å². The van der Waals surface area contributed by atoms with Crippen LogP contribution in [0.4, 0.5) is 0 Å². The van der Waals surface area contributed by atoms with E-state index in [2.05, 4.69) is 45.0 Å². The number of aromatic nitrogens is 2. The zero-order valence-corrected chi connectivity index (χ0v) is 15.3. The summed E-state index contributed by atoms with van der Waals surface area (Å²) in [4.78, 5) is 19.8. The van der Waals surface area contributed by atoms with Gasteiger partial charge in [0.2, 0.25) is 0 Å². The van der Waals surface area contributed by atoms with E-state index in [1.54, 1.807) is 11.3 Å². The minimum Gasteiger partial charge on any atom is -0.292 e. The molecule has 3 nitrogen and oxygen atoms in total. The van der Waals surface area contributed by atoms with E-state index in [1.807, 2.05) is 11.5 Å². The first-order valence-electron chi connectivity index (χ1n) is 8.24. The van der Waals surface area contributed by atoms with Crippen LogP contribution < -0.4 is 5.56 Å². The Balaban J connectivity index is 1.91. The second-order valence-electron chi connectivity index (χ2n) is 6.64. The number of hydrogen-bond acceptors (Lipinski definition) is 3. The van der Waals surface area contributed by atoms with Crippen molar-refractivity contribution in [1.29, 1.82) is 0 Å². The van der Waals surface area contributed by atoms with Crippen LogP contribution in [0.3, 0.4) is 0 Å². The van der Waals surface area contributed by atoms with Gasteiger partial charge in [0.15, 0.2) is 0 Å². The van der Waals surface area contributed by atoms with Gasteiger partial charge in [-0.2, -0.15) is 0 Å². The molecule has 0 bridgehead atoms. The van der Waals surface area contributed by atoms with Gasteiger partial charge in [-0.1, -0.05) is 23.8 Å². The lowest BCUT2D eigenvalue weighted by molar-refractivity contribution is 0.726. The van der Waals surface area contributed by atoms with Crippen LogP contribution in [0.1, 0.15) is 39.4 Å². The van der Waals surface area contributed by atoms with Gasteiger partial charge < -0.3 is 0 Å². The molecule has 3 heterocycles. The van der Waals surface area contributed by atoms with Crippen LogP contribution in [-0.2, 0) is 6.54 Å². The highest BCUT2D eigenvalue weighted by Crippen LogP contribution is 2.32. The van der Waals surface area contributed by atoms with Crippen molar-refractivity contribution in [3.8, 4) is 0 Å². The molecule has 1 aliphatic rings. The Bertz CT molecular complexity index is 1070. The van der Waals surface area contributed by atoms with Gasteiger partial charge in [-0.05, 0) is 62.5 Å². The fraction of sp³-hybridized carbons (Fsp3) is 0.300. The lowest BCUT2D eigenvalue weighted by atomic mass is 10.0. The monoisotopic (exact) mass is 336 g/mol. The van der Waals surface area contributed by atoms with Crippen LogP contribution in [0, 0.1) is 27.7 Å². The summed E-state index contributed by atoms with van der Waals surface area (Å²) >= 11 is 1.62. The Labute approximate surface area is 145 Å². The minimum atomic E-state index is 0.112. The lowest BCUT2D eigenvalue weighted by Gasteiger charge is -2.05. The van der Waals surface area contributed by atoms with Gasteiger partial charge in [0.1, 0.15) is 10.7 Å². The average molecular weight is 336 g/mol. The van der Waals surface area contributed by atoms with Gasteiger partial charge in [-0.25, -0.2) is 4.98 Å². The zero-order valence-electron chi connectivity index (χ0n) is 14.4. The van der Waals surface area contributed by atoms with Crippen molar-refractivity contribution in [3.05, 3.63) is 61.5 Å². The molecule has 0 saturated heterocycles. The molecular formula is C20H20N2OS. The van der Waals surface area contributed by atoms with E-state index in [0.29, 0.717) is 0 Å². The first-order chi connectivity index (χ1) is 11.5. The van der Waals surface area contributed by atoms with Crippen molar-refractivity contribution in [2.75, 3.05) is 0 Å². The predicted octanol–water partition coefficient (Wildman–Crippen LogP) is 4.64. The summed E-state index contributed by atoms with van der Waals surface area (Å²) in [6, 6.07) is 6.47. The SMILES string of the molecule is Cc1ccc(/C=C2\CCn3c2nc2sc(C)c(C)c2c3=O)c(C)c1. The Hall–Kier alpha value is -2.20. The maximum absolute atomic E-state index is 12.9. The van der Waals surface area contributed by atoms with Crippen molar-refractivity contribution < 1.29 is 0 Å². The molecule has 4 rings (SSSR count). The molecule has 0 atom stereocenters.